The van der Waals surface area contributed by atoms with Crippen LogP contribution < -0.4 is 5.48 Å². The van der Waals surface area contributed by atoms with Crippen LogP contribution in [-0.4, -0.2) is 11.1 Å². The minimum Gasteiger partial charge on any atom is -0.289 e. The highest BCUT2D eigenvalue weighted by molar-refractivity contribution is 5.74. The molecule has 3 heteroatoms. The van der Waals surface area contributed by atoms with Crippen molar-refractivity contribution in [3.63, 3.8) is 0 Å². The lowest BCUT2D eigenvalue weighted by Gasteiger charge is -2.61. The standard InChI is InChI=1S/C24H41NO2/c1-16(7-12-22(26)25-27)19-10-11-20-18-9-8-17-6-4-5-14-23(17,2)21(18)13-15-24(19,20)3/h16-21,27H,4-15H2,1-3H3,(H,25,26)/t16-,17?,18+,19-,20+,21+,23+,24-/m1/s1. The second-order valence-electron chi connectivity index (χ2n) is 11.2. The molecule has 2 N–H and O–H groups in total. The summed E-state index contributed by atoms with van der Waals surface area (Å²) in [6, 6.07) is 0. The molecule has 1 amide bonds. The molecule has 0 spiro atoms. The summed E-state index contributed by atoms with van der Waals surface area (Å²) in [5.74, 6) is 4.96. The molecule has 4 aliphatic rings. The van der Waals surface area contributed by atoms with Crippen LogP contribution in [0.4, 0.5) is 0 Å². The van der Waals surface area contributed by atoms with E-state index in [0.29, 0.717) is 23.2 Å². The fourth-order valence-corrected chi connectivity index (χ4v) is 8.89. The number of fused-ring (bicyclic) bond motifs is 5. The van der Waals surface area contributed by atoms with Crippen LogP contribution in [0.2, 0.25) is 0 Å². The van der Waals surface area contributed by atoms with Crippen LogP contribution in [0.25, 0.3) is 0 Å². The van der Waals surface area contributed by atoms with Crippen LogP contribution in [0.3, 0.4) is 0 Å². The fraction of sp³-hybridized carbons (Fsp3) is 0.958. The Hall–Kier alpha value is -0.570. The Balaban J connectivity index is 1.49. The lowest BCUT2D eigenvalue weighted by Crippen LogP contribution is -2.53. The summed E-state index contributed by atoms with van der Waals surface area (Å²) in [6.07, 6.45) is 15.9. The second kappa shape index (κ2) is 7.35. The Morgan fingerprint density at radius 1 is 1.00 bits per heavy atom. The third-order valence-electron chi connectivity index (χ3n) is 10.3. The van der Waals surface area contributed by atoms with Gasteiger partial charge in [-0.05, 0) is 104 Å². The van der Waals surface area contributed by atoms with Crippen LogP contribution in [0.1, 0.15) is 97.8 Å². The third-order valence-corrected chi connectivity index (χ3v) is 10.3. The zero-order valence-corrected chi connectivity index (χ0v) is 17.8. The van der Waals surface area contributed by atoms with Gasteiger partial charge in [-0.2, -0.15) is 0 Å². The minimum atomic E-state index is -0.228. The van der Waals surface area contributed by atoms with Gasteiger partial charge in [0, 0.05) is 6.42 Å². The maximum absolute atomic E-state index is 11.5. The Morgan fingerprint density at radius 2 is 1.78 bits per heavy atom. The second-order valence-corrected chi connectivity index (χ2v) is 11.2. The first kappa shape index (κ1) is 19.7. The fourth-order valence-electron chi connectivity index (χ4n) is 8.89. The van der Waals surface area contributed by atoms with E-state index in [1.165, 1.54) is 64.2 Å². The monoisotopic (exact) mass is 375 g/mol. The van der Waals surface area contributed by atoms with Crippen molar-refractivity contribution in [1.82, 2.24) is 5.48 Å². The number of rotatable bonds is 4. The van der Waals surface area contributed by atoms with Gasteiger partial charge >= 0.3 is 0 Å². The van der Waals surface area contributed by atoms with Crippen molar-refractivity contribution in [1.29, 1.82) is 0 Å². The number of hydroxylamine groups is 1. The van der Waals surface area contributed by atoms with Crippen LogP contribution in [0.5, 0.6) is 0 Å². The molecule has 3 nitrogen and oxygen atoms in total. The average Bonchev–Trinajstić information content (AvgIpc) is 3.02. The van der Waals surface area contributed by atoms with Crippen LogP contribution in [0, 0.1) is 46.3 Å². The molecular weight excluding hydrogens is 334 g/mol. The quantitative estimate of drug-likeness (QED) is 0.470. The zero-order chi connectivity index (χ0) is 19.2. The molecule has 8 atom stereocenters. The Kier molecular flexibility index (Phi) is 5.37. The van der Waals surface area contributed by atoms with Crippen molar-refractivity contribution in [2.45, 2.75) is 97.8 Å². The van der Waals surface area contributed by atoms with Crippen LogP contribution in [0.15, 0.2) is 0 Å². The van der Waals surface area contributed by atoms with Crippen molar-refractivity contribution in [2.75, 3.05) is 0 Å². The molecule has 154 valence electrons. The van der Waals surface area contributed by atoms with Gasteiger partial charge in [0.2, 0.25) is 5.91 Å². The van der Waals surface area contributed by atoms with Gasteiger partial charge in [0.25, 0.3) is 0 Å². The van der Waals surface area contributed by atoms with Gasteiger partial charge in [-0.3, -0.25) is 10.0 Å². The highest BCUT2D eigenvalue weighted by atomic mass is 16.5. The van der Waals surface area contributed by atoms with E-state index in [1.807, 2.05) is 0 Å². The van der Waals surface area contributed by atoms with E-state index in [-0.39, 0.29) is 5.91 Å². The molecular formula is C24H41NO2. The summed E-state index contributed by atoms with van der Waals surface area (Å²) in [7, 11) is 0. The predicted octanol–water partition coefficient (Wildman–Crippen LogP) is 5.96. The summed E-state index contributed by atoms with van der Waals surface area (Å²) < 4.78 is 0. The van der Waals surface area contributed by atoms with Gasteiger partial charge in [-0.15, -0.1) is 0 Å². The molecule has 4 rings (SSSR count). The smallest absolute Gasteiger partial charge is 0.243 e. The molecule has 0 saturated heterocycles. The van der Waals surface area contributed by atoms with E-state index in [1.54, 1.807) is 5.48 Å². The summed E-state index contributed by atoms with van der Waals surface area (Å²) in [5.41, 5.74) is 2.92. The number of carbonyl (C=O) groups is 1. The highest BCUT2D eigenvalue weighted by Crippen LogP contribution is 2.68. The van der Waals surface area contributed by atoms with Gasteiger partial charge in [0.05, 0.1) is 0 Å². The number of amides is 1. The molecule has 0 bridgehead atoms. The lowest BCUT2D eigenvalue weighted by molar-refractivity contribution is -0.130. The number of hydrogen-bond acceptors (Lipinski definition) is 2. The van der Waals surface area contributed by atoms with Gasteiger partial charge in [0.1, 0.15) is 0 Å². The van der Waals surface area contributed by atoms with E-state index in [4.69, 9.17) is 5.21 Å². The third kappa shape index (κ3) is 3.16. The maximum Gasteiger partial charge on any atom is 0.243 e. The SMILES string of the molecule is C[C@H](CCC(=O)NO)[C@H]1CC[C@H]2[C@@H]3CCC4CCCC[C@]4(C)[C@H]3CC[C@]12C. The highest BCUT2D eigenvalue weighted by Gasteiger charge is 2.60. The van der Waals surface area contributed by atoms with E-state index in [9.17, 15) is 4.79 Å². The van der Waals surface area contributed by atoms with Gasteiger partial charge in [-0.1, -0.05) is 33.6 Å². The van der Waals surface area contributed by atoms with Gasteiger partial charge in [0.15, 0.2) is 0 Å². The summed E-state index contributed by atoms with van der Waals surface area (Å²) in [6.45, 7) is 7.62. The Morgan fingerprint density at radius 3 is 2.56 bits per heavy atom. The molecule has 0 heterocycles. The molecule has 0 aromatic heterocycles. The van der Waals surface area contributed by atoms with Crippen LogP contribution >= 0.6 is 0 Å². The van der Waals surface area contributed by atoms with Crippen molar-refractivity contribution >= 4 is 5.91 Å². The molecule has 0 aromatic rings. The zero-order valence-electron chi connectivity index (χ0n) is 17.8. The predicted molar refractivity (Wildman–Crippen MR) is 108 cm³/mol. The summed E-state index contributed by atoms with van der Waals surface area (Å²) in [4.78, 5) is 11.5. The first-order valence-electron chi connectivity index (χ1n) is 11.8. The first-order valence-corrected chi connectivity index (χ1v) is 11.8. The number of carbonyl (C=O) groups excluding carboxylic acids is 1. The largest absolute Gasteiger partial charge is 0.289 e. The molecule has 4 saturated carbocycles. The van der Waals surface area contributed by atoms with Crippen molar-refractivity contribution < 1.29 is 10.0 Å². The van der Waals surface area contributed by atoms with Gasteiger partial charge in [-0.25, -0.2) is 5.48 Å². The molecule has 4 fully saturated rings. The van der Waals surface area contributed by atoms with Crippen molar-refractivity contribution in [2.24, 2.45) is 46.3 Å². The number of hydrogen-bond donors (Lipinski definition) is 2. The Labute approximate surface area is 166 Å². The van der Waals surface area contributed by atoms with Gasteiger partial charge < -0.3 is 0 Å². The summed E-state index contributed by atoms with van der Waals surface area (Å²) in [5, 5.41) is 8.80. The van der Waals surface area contributed by atoms with Crippen LogP contribution in [-0.2, 0) is 4.79 Å². The first-order chi connectivity index (χ1) is 12.9. The molecule has 0 aromatic carbocycles. The molecule has 0 radical (unpaired) electrons. The maximum atomic E-state index is 11.5. The van der Waals surface area contributed by atoms with E-state index in [2.05, 4.69) is 20.8 Å². The molecule has 4 aliphatic carbocycles. The van der Waals surface area contributed by atoms with E-state index < -0.39 is 0 Å². The van der Waals surface area contributed by atoms with E-state index >= 15 is 0 Å². The topological polar surface area (TPSA) is 49.3 Å². The lowest BCUT2D eigenvalue weighted by atomic mass is 9.44. The molecule has 1 unspecified atom stereocenters. The molecule has 0 aliphatic heterocycles. The van der Waals surface area contributed by atoms with Crippen molar-refractivity contribution in [3.05, 3.63) is 0 Å². The van der Waals surface area contributed by atoms with E-state index in [0.717, 1.165) is 36.0 Å². The minimum absolute atomic E-state index is 0.228. The Bertz CT molecular complexity index is 563. The average molecular weight is 376 g/mol. The number of nitrogens with one attached hydrogen (secondary N) is 1. The normalized spacial score (nSPS) is 47.5. The molecule has 27 heavy (non-hydrogen) atoms. The van der Waals surface area contributed by atoms with Crippen molar-refractivity contribution in [3.8, 4) is 0 Å². The summed E-state index contributed by atoms with van der Waals surface area (Å²) >= 11 is 0.